The second kappa shape index (κ2) is 9.18. The highest BCUT2D eigenvalue weighted by molar-refractivity contribution is 5.89. The van der Waals surface area contributed by atoms with Gasteiger partial charge in [0.25, 0.3) is 0 Å². The number of amides is 1. The van der Waals surface area contributed by atoms with Crippen LogP contribution in [0.25, 0.3) is 10.9 Å². The Morgan fingerprint density at radius 2 is 1.80 bits per heavy atom. The van der Waals surface area contributed by atoms with Crippen LogP contribution in [0.4, 0.5) is 0 Å². The summed E-state index contributed by atoms with van der Waals surface area (Å²) in [6.07, 6.45) is 0. The van der Waals surface area contributed by atoms with E-state index in [2.05, 4.69) is 34.7 Å². The first-order valence-electron chi connectivity index (χ1n) is 11.9. The summed E-state index contributed by atoms with van der Waals surface area (Å²) in [4.78, 5) is 16.8. The molecule has 0 bridgehead atoms. The molecule has 0 unspecified atom stereocenters. The SMILES string of the molecule is COCC(=O)N1CC2(C1)CN(Cc1cccc(OC)c1)[C@H](CO)c1c2c2ccc(OC)cc2n1C. The molecule has 0 saturated carbocycles. The molecule has 2 aliphatic rings. The highest BCUT2D eigenvalue weighted by atomic mass is 16.5. The predicted octanol–water partition coefficient (Wildman–Crippen LogP) is 2.47. The van der Waals surface area contributed by atoms with Crippen molar-refractivity contribution in [2.75, 3.05) is 54.2 Å². The fraction of sp³-hybridized carbons (Fsp3) is 0.444. The lowest BCUT2D eigenvalue weighted by molar-refractivity contribution is -0.144. The zero-order valence-corrected chi connectivity index (χ0v) is 20.8. The smallest absolute Gasteiger partial charge is 0.248 e. The fourth-order valence-electron chi connectivity index (χ4n) is 5.97. The van der Waals surface area contributed by atoms with E-state index < -0.39 is 0 Å². The summed E-state index contributed by atoms with van der Waals surface area (Å²) in [5.74, 6) is 1.61. The molecule has 1 atom stereocenters. The van der Waals surface area contributed by atoms with E-state index in [9.17, 15) is 9.90 Å². The van der Waals surface area contributed by atoms with Gasteiger partial charge >= 0.3 is 0 Å². The summed E-state index contributed by atoms with van der Waals surface area (Å²) in [6.45, 7) is 2.74. The van der Waals surface area contributed by atoms with Crippen molar-refractivity contribution >= 4 is 16.8 Å². The Hall–Kier alpha value is -3.07. The second-order valence-electron chi connectivity index (χ2n) is 9.62. The third-order valence-corrected chi connectivity index (χ3v) is 7.55. The molecule has 186 valence electrons. The van der Waals surface area contributed by atoms with E-state index in [1.807, 2.05) is 29.2 Å². The van der Waals surface area contributed by atoms with Gasteiger partial charge in [-0.2, -0.15) is 0 Å². The molecule has 1 fully saturated rings. The number of aromatic nitrogens is 1. The maximum absolute atomic E-state index is 12.6. The molecule has 1 N–H and O–H groups in total. The van der Waals surface area contributed by atoms with Gasteiger partial charge in [0.2, 0.25) is 5.91 Å². The van der Waals surface area contributed by atoms with Gasteiger partial charge in [0, 0.05) is 62.9 Å². The first kappa shape index (κ1) is 23.7. The van der Waals surface area contributed by atoms with Crippen molar-refractivity contribution < 1.29 is 24.1 Å². The predicted molar refractivity (Wildman–Crippen MR) is 133 cm³/mol. The summed E-state index contributed by atoms with van der Waals surface area (Å²) < 4.78 is 18.2. The maximum Gasteiger partial charge on any atom is 0.248 e. The standard InChI is InChI=1S/C27H33N3O5/c1-28-22-11-20(35-4)8-9-21(22)25-26(28)23(13-31)29(12-18-6-5-7-19(10-18)34-3)15-27(25)16-30(17-27)24(32)14-33-2/h5-11,23,31H,12-17H2,1-4H3/t23-/m1/s1. The fourth-order valence-corrected chi connectivity index (χ4v) is 5.97. The number of hydrogen-bond donors (Lipinski definition) is 1. The van der Waals surface area contributed by atoms with E-state index in [1.165, 1.54) is 5.56 Å². The molecule has 1 amide bonds. The lowest BCUT2D eigenvalue weighted by atomic mass is 9.68. The quantitative estimate of drug-likeness (QED) is 0.561. The average molecular weight is 480 g/mol. The Kier molecular flexibility index (Phi) is 6.21. The molecule has 8 nitrogen and oxygen atoms in total. The van der Waals surface area contributed by atoms with Crippen molar-refractivity contribution in [3.8, 4) is 11.5 Å². The molecule has 3 aromatic rings. The van der Waals surface area contributed by atoms with Crippen LogP contribution in [0.3, 0.4) is 0 Å². The van der Waals surface area contributed by atoms with Gasteiger partial charge in [-0.1, -0.05) is 12.1 Å². The number of aliphatic hydroxyl groups is 1. The Labute approximate surface area is 205 Å². The van der Waals surface area contributed by atoms with E-state index in [4.69, 9.17) is 14.2 Å². The zero-order chi connectivity index (χ0) is 24.7. The van der Waals surface area contributed by atoms with Gasteiger partial charge in [0.1, 0.15) is 18.1 Å². The van der Waals surface area contributed by atoms with Crippen molar-refractivity contribution in [3.05, 3.63) is 59.3 Å². The molecule has 5 rings (SSSR count). The van der Waals surface area contributed by atoms with E-state index in [0.29, 0.717) is 19.6 Å². The van der Waals surface area contributed by atoms with E-state index in [1.54, 1.807) is 21.3 Å². The van der Waals surface area contributed by atoms with Crippen molar-refractivity contribution in [1.82, 2.24) is 14.4 Å². The van der Waals surface area contributed by atoms with Crippen molar-refractivity contribution in [1.29, 1.82) is 0 Å². The minimum absolute atomic E-state index is 0.000660. The maximum atomic E-state index is 12.6. The summed E-state index contributed by atoms with van der Waals surface area (Å²) in [5, 5.41) is 11.8. The number of rotatable bonds is 7. The number of nitrogens with zero attached hydrogens (tertiary/aromatic N) is 3. The molecule has 35 heavy (non-hydrogen) atoms. The summed E-state index contributed by atoms with van der Waals surface area (Å²) in [5.41, 5.74) is 4.30. The molecule has 2 aliphatic heterocycles. The number of aliphatic hydroxyl groups excluding tert-OH is 1. The largest absolute Gasteiger partial charge is 0.497 e. The minimum Gasteiger partial charge on any atom is -0.497 e. The van der Waals surface area contributed by atoms with Crippen LogP contribution in [0, 0.1) is 0 Å². The number of methoxy groups -OCH3 is 3. The van der Waals surface area contributed by atoms with Crippen LogP contribution in [-0.2, 0) is 28.5 Å². The van der Waals surface area contributed by atoms with Gasteiger partial charge < -0.3 is 28.8 Å². The topological polar surface area (TPSA) is 76.4 Å². The van der Waals surface area contributed by atoms with Gasteiger partial charge in [-0.15, -0.1) is 0 Å². The molecule has 0 aliphatic carbocycles. The van der Waals surface area contributed by atoms with Crippen LogP contribution < -0.4 is 9.47 Å². The average Bonchev–Trinajstić information content (AvgIpc) is 3.14. The van der Waals surface area contributed by atoms with E-state index >= 15 is 0 Å². The zero-order valence-electron chi connectivity index (χ0n) is 20.8. The third kappa shape index (κ3) is 3.86. The lowest BCUT2D eigenvalue weighted by Gasteiger charge is -2.56. The van der Waals surface area contributed by atoms with E-state index in [-0.39, 0.29) is 30.6 Å². The van der Waals surface area contributed by atoms with Crippen LogP contribution >= 0.6 is 0 Å². The molecule has 1 aromatic heterocycles. The number of hydrogen-bond acceptors (Lipinski definition) is 6. The molecule has 2 aromatic carbocycles. The Morgan fingerprint density at radius 3 is 2.49 bits per heavy atom. The van der Waals surface area contributed by atoms with Crippen LogP contribution in [0.2, 0.25) is 0 Å². The number of likely N-dealkylation sites (tertiary alicyclic amines) is 1. The van der Waals surface area contributed by atoms with Gasteiger partial charge in [-0.3, -0.25) is 9.69 Å². The van der Waals surface area contributed by atoms with Crippen LogP contribution in [0.15, 0.2) is 42.5 Å². The highest BCUT2D eigenvalue weighted by Gasteiger charge is 2.54. The molecule has 8 heteroatoms. The number of ether oxygens (including phenoxy) is 3. The third-order valence-electron chi connectivity index (χ3n) is 7.55. The van der Waals surface area contributed by atoms with Gasteiger partial charge in [0.15, 0.2) is 0 Å². The number of aryl methyl sites for hydroxylation is 1. The van der Waals surface area contributed by atoms with E-state index in [0.717, 1.165) is 40.2 Å². The molecule has 1 saturated heterocycles. The van der Waals surface area contributed by atoms with Gasteiger partial charge in [-0.05, 0) is 35.4 Å². The Morgan fingerprint density at radius 1 is 1.06 bits per heavy atom. The minimum atomic E-state index is -0.225. The first-order valence-corrected chi connectivity index (χ1v) is 11.9. The number of benzene rings is 2. The number of fused-ring (bicyclic) bond motifs is 4. The monoisotopic (exact) mass is 479 g/mol. The van der Waals surface area contributed by atoms with Crippen molar-refractivity contribution in [3.63, 3.8) is 0 Å². The van der Waals surface area contributed by atoms with Gasteiger partial charge in [0.05, 0.1) is 32.4 Å². The molecule has 3 heterocycles. The van der Waals surface area contributed by atoms with Crippen molar-refractivity contribution in [2.45, 2.75) is 18.0 Å². The lowest BCUT2D eigenvalue weighted by Crippen LogP contribution is -2.68. The normalized spacial score (nSPS) is 19.0. The Bertz CT molecular complexity index is 1250. The van der Waals surface area contributed by atoms with Crippen molar-refractivity contribution in [2.24, 2.45) is 7.05 Å². The van der Waals surface area contributed by atoms with Gasteiger partial charge in [-0.25, -0.2) is 0 Å². The van der Waals surface area contributed by atoms with Crippen LogP contribution in [0.5, 0.6) is 11.5 Å². The van der Waals surface area contributed by atoms with Crippen LogP contribution in [0.1, 0.15) is 22.9 Å². The van der Waals surface area contributed by atoms with Crippen LogP contribution in [-0.4, -0.2) is 79.6 Å². The number of carbonyl (C=O) groups excluding carboxylic acids is 1. The summed E-state index contributed by atoms with van der Waals surface area (Å²) in [6, 6.07) is 14.0. The molecular weight excluding hydrogens is 446 g/mol. The molecule has 1 spiro atoms. The second-order valence-corrected chi connectivity index (χ2v) is 9.62. The molecule has 0 radical (unpaired) electrons. The highest BCUT2D eigenvalue weighted by Crippen LogP contribution is 2.50. The summed E-state index contributed by atoms with van der Waals surface area (Å²) in [7, 11) is 6.94. The Balaban J connectivity index is 1.61. The summed E-state index contributed by atoms with van der Waals surface area (Å²) >= 11 is 0. The first-order chi connectivity index (χ1) is 16.9. The molecular formula is C27H33N3O5. The number of carbonyl (C=O) groups is 1.